The van der Waals surface area contributed by atoms with Crippen molar-refractivity contribution >= 4 is 36.3 Å². The average molecular weight is 509 g/mol. The Bertz CT molecular complexity index is 969. The zero-order valence-electron chi connectivity index (χ0n) is 19.5. The Balaban J connectivity index is 2.13. The molecule has 2 aromatic heterocycles. The number of hydrogen-bond acceptors (Lipinski definition) is 8. The van der Waals surface area contributed by atoms with Crippen LogP contribution < -0.4 is 21.7 Å². The number of rotatable bonds is 14. The number of carboxylic acid groups (broad SMARTS) is 1. The van der Waals surface area contributed by atoms with Gasteiger partial charge in [-0.2, -0.15) is 12.6 Å². The largest absolute Gasteiger partial charge is 0.480 e. The number of nitrogens with two attached hydrogens (primary N) is 1. The van der Waals surface area contributed by atoms with Crippen LogP contribution in [0.2, 0.25) is 0 Å². The second-order valence-electron chi connectivity index (χ2n) is 8.18. The fourth-order valence-corrected chi connectivity index (χ4v) is 3.42. The van der Waals surface area contributed by atoms with Crippen molar-refractivity contribution in [2.24, 2.45) is 11.7 Å². The molecule has 8 N–H and O–H groups in total. The monoisotopic (exact) mass is 508 g/mol. The highest BCUT2D eigenvalue weighted by Gasteiger charge is 2.31. The standard InChI is InChI=1S/C21H32N8O5S/c1-3-11(2)17(22)20(32)29-16(8-35)19(31)27-14(4-12-6-23-9-25-12)18(30)28-15(21(33)34)5-13-7-24-10-26-13/h6-7,9-11,14-17,35H,3-5,8,22H2,1-2H3,(H,23,25)(H,24,26)(H,27,31)(H,28,30)(H,29,32)(H,33,34). The molecule has 2 aromatic rings. The lowest BCUT2D eigenvalue weighted by Crippen LogP contribution is -2.58. The minimum atomic E-state index is -1.27. The minimum absolute atomic E-state index is 0.00753. The number of nitrogens with one attached hydrogen (secondary N) is 5. The molecule has 0 spiro atoms. The first-order valence-electron chi connectivity index (χ1n) is 11.1. The number of carbonyl (C=O) groups is 4. The zero-order chi connectivity index (χ0) is 26.0. The van der Waals surface area contributed by atoms with Crippen molar-refractivity contribution in [3.63, 3.8) is 0 Å². The van der Waals surface area contributed by atoms with Gasteiger partial charge in [0.05, 0.1) is 18.7 Å². The number of aliphatic carboxylic acids is 1. The van der Waals surface area contributed by atoms with Crippen LogP contribution in [0.25, 0.3) is 0 Å². The van der Waals surface area contributed by atoms with Crippen LogP contribution in [0.3, 0.4) is 0 Å². The summed E-state index contributed by atoms with van der Waals surface area (Å²) in [6.07, 6.45) is 6.41. The molecule has 2 rings (SSSR count). The quantitative estimate of drug-likeness (QED) is 0.144. The molecule has 5 unspecified atom stereocenters. The summed E-state index contributed by atoms with van der Waals surface area (Å²) in [4.78, 5) is 63.5. The van der Waals surface area contributed by atoms with Crippen molar-refractivity contribution in [3.05, 3.63) is 36.4 Å². The smallest absolute Gasteiger partial charge is 0.326 e. The van der Waals surface area contributed by atoms with Crippen molar-refractivity contribution in [2.75, 3.05) is 5.75 Å². The molecule has 0 bridgehead atoms. The molecular weight excluding hydrogens is 476 g/mol. The van der Waals surface area contributed by atoms with Gasteiger partial charge in [0, 0.05) is 42.4 Å². The highest BCUT2D eigenvalue weighted by atomic mass is 32.1. The molecule has 0 aliphatic rings. The number of nitrogens with zero attached hydrogens (tertiary/aromatic N) is 2. The van der Waals surface area contributed by atoms with E-state index in [4.69, 9.17) is 5.73 Å². The molecule has 13 nitrogen and oxygen atoms in total. The Kier molecular flexibility index (Phi) is 10.7. The fourth-order valence-electron chi connectivity index (χ4n) is 3.16. The number of H-pyrrole nitrogens is 2. The van der Waals surface area contributed by atoms with Gasteiger partial charge < -0.3 is 36.8 Å². The van der Waals surface area contributed by atoms with Crippen LogP contribution in [0.4, 0.5) is 0 Å². The number of imidazole rings is 2. The molecule has 5 atom stereocenters. The van der Waals surface area contributed by atoms with E-state index in [1.165, 1.54) is 25.0 Å². The van der Waals surface area contributed by atoms with E-state index < -0.39 is 47.9 Å². The van der Waals surface area contributed by atoms with Gasteiger partial charge in [-0.15, -0.1) is 0 Å². The third kappa shape index (κ3) is 8.40. The first-order chi connectivity index (χ1) is 16.7. The van der Waals surface area contributed by atoms with E-state index in [9.17, 15) is 24.3 Å². The summed E-state index contributed by atoms with van der Waals surface area (Å²) in [5, 5.41) is 17.2. The highest BCUT2D eigenvalue weighted by Crippen LogP contribution is 2.07. The van der Waals surface area contributed by atoms with Gasteiger partial charge in [-0.1, -0.05) is 20.3 Å². The summed E-state index contributed by atoms with van der Waals surface area (Å²) in [6, 6.07) is -4.29. The number of amides is 3. The summed E-state index contributed by atoms with van der Waals surface area (Å²) in [6.45, 7) is 3.73. The number of aromatic amines is 2. The summed E-state index contributed by atoms with van der Waals surface area (Å²) in [5.41, 5.74) is 7.00. The third-order valence-electron chi connectivity index (χ3n) is 5.58. The van der Waals surface area contributed by atoms with Crippen LogP contribution in [-0.4, -0.2) is 78.7 Å². The van der Waals surface area contributed by atoms with Crippen molar-refractivity contribution in [1.29, 1.82) is 0 Å². The molecule has 0 radical (unpaired) electrons. The van der Waals surface area contributed by atoms with Gasteiger partial charge in [-0.25, -0.2) is 14.8 Å². The van der Waals surface area contributed by atoms with E-state index >= 15 is 0 Å². The molecule has 35 heavy (non-hydrogen) atoms. The molecule has 0 saturated heterocycles. The average Bonchev–Trinajstić information content (AvgIpc) is 3.54. The third-order valence-corrected chi connectivity index (χ3v) is 5.95. The maximum absolute atomic E-state index is 13.0. The molecule has 3 amide bonds. The van der Waals surface area contributed by atoms with Gasteiger partial charge >= 0.3 is 5.97 Å². The molecule has 0 fully saturated rings. The van der Waals surface area contributed by atoms with Crippen LogP contribution in [0.1, 0.15) is 31.7 Å². The highest BCUT2D eigenvalue weighted by molar-refractivity contribution is 7.80. The zero-order valence-corrected chi connectivity index (χ0v) is 20.4. The Hall–Kier alpha value is -3.39. The number of thiol groups is 1. The van der Waals surface area contributed by atoms with E-state index in [2.05, 4.69) is 48.5 Å². The van der Waals surface area contributed by atoms with Crippen LogP contribution in [0.15, 0.2) is 25.0 Å². The Morgan fingerprint density at radius 2 is 1.43 bits per heavy atom. The topological polar surface area (TPSA) is 208 Å². The second kappa shape index (κ2) is 13.5. The maximum Gasteiger partial charge on any atom is 0.326 e. The normalized spacial score (nSPS) is 15.3. The minimum Gasteiger partial charge on any atom is -0.480 e. The number of aromatic nitrogens is 4. The van der Waals surface area contributed by atoms with E-state index in [0.29, 0.717) is 17.8 Å². The first kappa shape index (κ1) is 27.9. The summed E-state index contributed by atoms with van der Waals surface area (Å²) in [7, 11) is 0. The van der Waals surface area contributed by atoms with Crippen molar-refractivity contribution in [1.82, 2.24) is 35.9 Å². The van der Waals surface area contributed by atoms with Crippen molar-refractivity contribution in [2.45, 2.75) is 57.3 Å². The fraction of sp³-hybridized carbons (Fsp3) is 0.524. The SMILES string of the molecule is CCC(C)C(N)C(=O)NC(CS)C(=O)NC(Cc1cnc[nH]1)C(=O)NC(Cc1cnc[nH]1)C(=O)O. The molecule has 0 aliphatic heterocycles. The first-order valence-corrected chi connectivity index (χ1v) is 11.7. The Morgan fingerprint density at radius 3 is 1.89 bits per heavy atom. The second-order valence-corrected chi connectivity index (χ2v) is 8.54. The molecule has 2 heterocycles. The Labute approximate surface area is 207 Å². The summed E-state index contributed by atoms with van der Waals surface area (Å²) < 4.78 is 0. The van der Waals surface area contributed by atoms with Gasteiger partial charge in [0.2, 0.25) is 17.7 Å². The van der Waals surface area contributed by atoms with Crippen LogP contribution in [-0.2, 0) is 32.0 Å². The molecule has 0 aromatic carbocycles. The number of hydrogen-bond donors (Lipinski definition) is 8. The molecule has 192 valence electrons. The van der Waals surface area contributed by atoms with Gasteiger partial charge in [-0.3, -0.25) is 14.4 Å². The lowest BCUT2D eigenvalue weighted by Gasteiger charge is -2.25. The van der Waals surface area contributed by atoms with E-state index in [1.54, 1.807) is 0 Å². The van der Waals surface area contributed by atoms with E-state index in [0.717, 1.165) is 0 Å². The lowest BCUT2D eigenvalue weighted by molar-refractivity contribution is -0.142. The van der Waals surface area contributed by atoms with Gasteiger partial charge in [-0.05, 0) is 5.92 Å². The molecule has 0 aliphatic carbocycles. The number of carboxylic acids is 1. The predicted molar refractivity (Wildman–Crippen MR) is 129 cm³/mol. The van der Waals surface area contributed by atoms with Crippen LogP contribution in [0.5, 0.6) is 0 Å². The van der Waals surface area contributed by atoms with Gasteiger partial charge in [0.1, 0.15) is 18.1 Å². The lowest BCUT2D eigenvalue weighted by atomic mass is 9.99. The predicted octanol–water partition coefficient (Wildman–Crippen LogP) is -1.24. The van der Waals surface area contributed by atoms with E-state index in [-0.39, 0.29) is 24.5 Å². The summed E-state index contributed by atoms with van der Waals surface area (Å²) >= 11 is 4.15. The Morgan fingerprint density at radius 1 is 0.943 bits per heavy atom. The van der Waals surface area contributed by atoms with Crippen LogP contribution >= 0.6 is 12.6 Å². The van der Waals surface area contributed by atoms with Crippen LogP contribution in [0, 0.1) is 5.92 Å². The molecule has 0 saturated carbocycles. The van der Waals surface area contributed by atoms with Crippen molar-refractivity contribution in [3.8, 4) is 0 Å². The van der Waals surface area contributed by atoms with Gasteiger partial charge in [0.25, 0.3) is 0 Å². The number of carbonyl (C=O) groups excluding carboxylic acids is 3. The van der Waals surface area contributed by atoms with E-state index in [1.807, 2.05) is 13.8 Å². The maximum atomic E-state index is 13.0. The summed E-state index contributed by atoms with van der Waals surface area (Å²) in [5.74, 6) is -3.28. The van der Waals surface area contributed by atoms with Crippen molar-refractivity contribution < 1.29 is 24.3 Å². The van der Waals surface area contributed by atoms with Gasteiger partial charge in [0.15, 0.2) is 0 Å². The molecule has 14 heteroatoms. The molecular formula is C21H32N8O5S.